The van der Waals surface area contributed by atoms with Gasteiger partial charge in [0.25, 0.3) is 0 Å². The fourth-order valence-corrected chi connectivity index (χ4v) is 4.25. The molecule has 0 atom stereocenters. The van der Waals surface area contributed by atoms with Crippen molar-refractivity contribution in [3.63, 3.8) is 0 Å². The van der Waals surface area contributed by atoms with E-state index in [9.17, 15) is 13.2 Å². The molecule has 0 amide bonds. The summed E-state index contributed by atoms with van der Waals surface area (Å²) in [5.74, 6) is 1.12. The smallest absolute Gasteiger partial charge is 0.426 e. The van der Waals surface area contributed by atoms with Crippen LogP contribution in [0.3, 0.4) is 0 Å². The Kier molecular flexibility index (Phi) is 7.63. The van der Waals surface area contributed by atoms with Crippen molar-refractivity contribution in [2.45, 2.75) is 70.8 Å². The Bertz CT molecular complexity index is 732. The SMILES string of the molecule is CCCC[C@H]1CC[C@H](CCc2ccc(C(F)(F)Oc3ccc(F)cc3)cc2)CC1. The average molecular weight is 405 g/mol. The van der Waals surface area contributed by atoms with Gasteiger partial charge in [0.05, 0.1) is 5.56 Å². The summed E-state index contributed by atoms with van der Waals surface area (Å²) in [4.78, 5) is 0. The first-order chi connectivity index (χ1) is 14.0. The number of unbranched alkanes of at least 4 members (excludes halogenated alkanes) is 1. The fraction of sp³-hybridized carbons (Fsp3) is 0.520. The van der Waals surface area contributed by atoms with Crippen LogP contribution < -0.4 is 4.74 Å². The lowest BCUT2D eigenvalue weighted by Gasteiger charge is -2.28. The maximum atomic E-state index is 14.4. The van der Waals surface area contributed by atoms with Crippen molar-refractivity contribution < 1.29 is 17.9 Å². The molecule has 0 N–H and O–H groups in total. The highest BCUT2D eigenvalue weighted by molar-refractivity contribution is 5.28. The van der Waals surface area contributed by atoms with Gasteiger partial charge in [-0.2, -0.15) is 8.78 Å². The van der Waals surface area contributed by atoms with Gasteiger partial charge in [0.2, 0.25) is 0 Å². The van der Waals surface area contributed by atoms with Crippen LogP contribution in [0, 0.1) is 17.7 Å². The summed E-state index contributed by atoms with van der Waals surface area (Å²) < 4.78 is 46.4. The van der Waals surface area contributed by atoms with Crippen LogP contribution in [0.25, 0.3) is 0 Å². The molecule has 158 valence electrons. The molecule has 1 aliphatic rings. The van der Waals surface area contributed by atoms with Crippen LogP contribution >= 0.6 is 0 Å². The standard InChI is InChI=1S/C25H31F3O/c1-2-3-4-19-5-7-20(8-6-19)9-10-21-11-13-22(14-12-21)25(27,28)29-24-17-15-23(26)16-18-24/h11-20H,2-10H2,1H3/t19-,20-. The van der Waals surface area contributed by atoms with Gasteiger partial charge in [-0.05, 0) is 66.6 Å². The zero-order valence-corrected chi connectivity index (χ0v) is 17.2. The molecule has 1 aliphatic carbocycles. The van der Waals surface area contributed by atoms with Crippen molar-refractivity contribution in [3.05, 3.63) is 65.5 Å². The average Bonchev–Trinajstić information content (AvgIpc) is 2.73. The molecular weight excluding hydrogens is 373 g/mol. The van der Waals surface area contributed by atoms with Crippen LogP contribution in [0.1, 0.15) is 69.4 Å². The summed E-state index contributed by atoms with van der Waals surface area (Å²) in [7, 11) is 0. The van der Waals surface area contributed by atoms with Crippen molar-refractivity contribution in [2.24, 2.45) is 11.8 Å². The molecule has 0 aromatic heterocycles. The minimum Gasteiger partial charge on any atom is -0.429 e. The van der Waals surface area contributed by atoms with Crippen LogP contribution in [-0.2, 0) is 12.5 Å². The molecule has 3 rings (SSSR count). The van der Waals surface area contributed by atoms with E-state index in [1.807, 2.05) is 0 Å². The number of alkyl halides is 2. The first-order valence-corrected chi connectivity index (χ1v) is 10.9. The van der Waals surface area contributed by atoms with Crippen LogP contribution in [0.4, 0.5) is 13.2 Å². The Balaban J connectivity index is 1.48. The van der Waals surface area contributed by atoms with E-state index < -0.39 is 11.9 Å². The van der Waals surface area contributed by atoms with E-state index in [0.29, 0.717) is 0 Å². The second-order valence-corrected chi connectivity index (χ2v) is 8.34. The second kappa shape index (κ2) is 10.2. The number of rotatable bonds is 9. The van der Waals surface area contributed by atoms with Crippen LogP contribution in [0.2, 0.25) is 0 Å². The third-order valence-corrected chi connectivity index (χ3v) is 6.12. The van der Waals surface area contributed by atoms with Crippen LogP contribution in [-0.4, -0.2) is 0 Å². The number of halogens is 3. The minimum atomic E-state index is -3.45. The third kappa shape index (κ3) is 6.52. The van der Waals surface area contributed by atoms with E-state index in [1.54, 1.807) is 12.1 Å². The molecule has 0 spiro atoms. The topological polar surface area (TPSA) is 9.23 Å². The van der Waals surface area contributed by atoms with E-state index in [0.717, 1.165) is 42.4 Å². The monoisotopic (exact) mass is 404 g/mol. The molecule has 0 unspecified atom stereocenters. The van der Waals surface area contributed by atoms with E-state index >= 15 is 0 Å². The summed E-state index contributed by atoms with van der Waals surface area (Å²) in [5.41, 5.74) is 0.890. The third-order valence-electron chi connectivity index (χ3n) is 6.12. The van der Waals surface area contributed by atoms with E-state index in [-0.39, 0.29) is 11.3 Å². The zero-order chi connectivity index (χ0) is 20.7. The summed E-state index contributed by atoms with van der Waals surface area (Å²) in [5, 5.41) is 0. The Labute approximate surface area is 172 Å². The van der Waals surface area contributed by atoms with E-state index in [1.165, 1.54) is 69.2 Å². The first-order valence-electron chi connectivity index (χ1n) is 10.9. The molecule has 1 fully saturated rings. The number of hydrogen-bond donors (Lipinski definition) is 0. The maximum Gasteiger partial charge on any atom is 0.426 e. The lowest BCUT2D eigenvalue weighted by Crippen LogP contribution is -2.21. The second-order valence-electron chi connectivity index (χ2n) is 8.34. The van der Waals surface area contributed by atoms with E-state index in [2.05, 4.69) is 6.92 Å². The van der Waals surface area contributed by atoms with Gasteiger partial charge in [-0.25, -0.2) is 4.39 Å². The van der Waals surface area contributed by atoms with Crippen LogP contribution in [0.5, 0.6) is 5.75 Å². The van der Waals surface area contributed by atoms with Gasteiger partial charge in [0.15, 0.2) is 0 Å². The summed E-state index contributed by atoms with van der Waals surface area (Å²) in [6, 6.07) is 11.0. The van der Waals surface area contributed by atoms with Crippen molar-refractivity contribution in [3.8, 4) is 5.75 Å². The lowest BCUT2D eigenvalue weighted by atomic mass is 9.78. The van der Waals surface area contributed by atoms with Gasteiger partial charge in [-0.15, -0.1) is 0 Å². The van der Waals surface area contributed by atoms with Gasteiger partial charge in [0.1, 0.15) is 11.6 Å². The van der Waals surface area contributed by atoms with Gasteiger partial charge in [0, 0.05) is 0 Å². The Hall–Kier alpha value is -1.97. The molecule has 2 aromatic carbocycles. The molecule has 0 heterocycles. The summed E-state index contributed by atoms with van der Waals surface area (Å²) in [6.45, 7) is 2.25. The summed E-state index contributed by atoms with van der Waals surface area (Å²) >= 11 is 0. The highest BCUT2D eigenvalue weighted by Gasteiger charge is 2.34. The fourth-order valence-electron chi connectivity index (χ4n) is 4.25. The largest absolute Gasteiger partial charge is 0.429 e. The lowest BCUT2D eigenvalue weighted by molar-refractivity contribution is -0.185. The van der Waals surface area contributed by atoms with Crippen molar-refractivity contribution >= 4 is 0 Å². The number of aryl methyl sites for hydroxylation is 1. The van der Waals surface area contributed by atoms with Gasteiger partial charge in [-0.1, -0.05) is 64.0 Å². The van der Waals surface area contributed by atoms with E-state index in [4.69, 9.17) is 4.74 Å². The normalized spacial score (nSPS) is 19.9. The molecule has 0 saturated heterocycles. The number of benzene rings is 2. The molecule has 4 heteroatoms. The Morgan fingerprint density at radius 2 is 1.45 bits per heavy atom. The molecular formula is C25H31F3O. The van der Waals surface area contributed by atoms with Crippen LogP contribution in [0.15, 0.2) is 48.5 Å². The minimum absolute atomic E-state index is 0.0602. The molecule has 0 aliphatic heterocycles. The van der Waals surface area contributed by atoms with Gasteiger partial charge in [-0.3, -0.25) is 0 Å². The van der Waals surface area contributed by atoms with Gasteiger partial charge < -0.3 is 4.74 Å². The quantitative estimate of drug-likeness (QED) is 0.413. The highest BCUT2D eigenvalue weighted by atomic mass is 19.3. The summed E-state index contributed by atoms with van der Waals surface area (Å²) in [6.07, 6.45) is 7.89. The van der Waals surface area contributed by atoms with Crippen molar-refractivity contribution in [1.82, 2.24) is 0 Å². The molecule has 0 bridgehead atoms. The molecule has 1 nitrogen and oxygen atoms in total. The zero-order valence-electron chi connectivity index (χ0n) is 17.2. The number of ether oxygens (including phenoxy) is 1. The first kappa shape index (κ1) is 21.7. The highest BCUT2D eigenvalue weighted by Crippen LogP contribution is 2.35. The Morgan fingerprint density at radius 3 is 2.03 bits per heavy atom. The predicted molar refractivity (Wildman–Crippen MR) is 111 cm³/mol. The maximum absolute atomic E-state index is 14.4. The number of hydrogen-bond acceptors (Lipinski definition) is 1. The predicted octanol–water partition coefficient (Wildman–Crippen LogP) is 7.88. The molecule has 1 saturated carbocycles. The molecule has 29 heavy (non-hydrogen) atoms. The van der Waals surface area contributed by atoms with Crippen molar-refractivity contribution in [1.29, 1.82) is 0 Å². The van der Waals surface area contributed by atoms with Gasteiger partial charge >= 0.3 is 6.11 Å². The Morgan fingerprint density at radius 1 is 0.862 bits per heavy atom. The van der Waals surface area contributed by atoms with Crippen molar-refractivity contribution in [2.75, 3.05) is 0 Å². The molecule has 0 radical (unpaired) electrons. The molecule has 2 aromatic rings.